The second-order valence-corrected chi connectivity index (χ2v) is 5.19. The van der Waals surface area contributed by atoms with Crippen molar-refractivity contribution in [2.45, 2.75) is 6.92 Å². The minimum absolute atomic E-state index is 0.669. The van der Waals surface area contributed by atoms with Crippen molar-refractivity contribution in [1.82, 2.24) is 0 Å². The van der Waals surface area contributed by atoms with E-state index < -0.39 is 0 Å². The predicted molar refractivity (Wildman–Crippen MR) is 92.5 cm³/mol. The Morgan fingerprint density at radius 2 is 1.33 bits per heavy atom. The van der Waals surface area contributed by atoms with Crippen molar-refractivity contribution in [3.8, 4) is 11.1 Å². The van der Waals surface area contributed by atoms with Gasteiger partial charge >= 0.3 is 0 Å². The van der Waals surface area contributed by atoms with Gasteiger partial charge < -0.3 is 5.73 Å². The molecule has 0 saturated heterocycles. The molecule has 3 aromatic rings. The lowest BCUT2D eigenvalue weighted by atomic mass is 10.0. The molecule has 0 radical (unpaired) electrons. The molecule has 0 aliphatic rings. The number of halogens is 1. The van der Waals surface area contributed by atoms with E-state index in [9.17, 15) is 0 Å². The number of hydrogen-bond donors (Lipinski definition) is 1. The van der Waals surface area contributed by atoms with Crippen LogP contribution in [-0.2, 0) is 0 Å². The molecule has 0 aliphatic heterocycles. The van der Waals surface area contributed by atoms with Gasteiger partial charge in [0.1, 0.15) is 0 Å². The van der Waals surface area contributed by atoms with Crippen LogP contribution in [0, 0.1) is 6.92 Å². The zero-order valence-electron chi connectivity index (χ0n) is 12.0. The summed E-state index contributed by atoms with van der Waals surface area (Å²) in [6, 6.07) is 25.8. The summed E-state index contributed by atoms with van der Waals surface area (Å²) in [7, 11) is 0. The van der Waals surface area contributed by atoms with Gasteiger partial charge in [-0.3, -0.25) is 0 Å². The van der Waals surface area contributed by atoms with Gasteiger partial charge in [-0.25, -0.2) is 0 Å². The van der Waals surface area contributed by atoms with Crippen LogP contribution in [0.3, 0.4) is 0 Å². The van der Waals surface area contributed by atoms with Crippen LogP contribution >= 0.6 is 11.6 Å². The van der Waals surface area contributed by atoms with Crippen molar-refractivity contribution in [2.75, 3.05) is 5.73 Å². The Balaban J connectivity index is 0.000000194. The third-order valence-corrected chi connectivity index (χ3v) is 3.27. The standard InChI is InChI=1S/C12H10ClN.C7H8/c13-10-6-7-11(12(14)8-10)9-4-2-1-3-5-9;1-7-5-3-2-4-6-7/h1-8H,14H2;2-6H,1H3. The highest BCUT2D eigenvalue weighted by molar-refractivity contribution is 6.31. The number of benzene rings is 3. The molecule has 1 nitrogen and oxygen atoms in total. The molecule has 0 aromatic heterocycles. The van der Waals surface area contributed by atoms with E-state index >= 15 is 0 Å². The van der Waals surface area contributed by atoms with Crippen LogP contribution in [0.1, 0.15) is 5.56 Å². The minimum Gasteiger partial charge on any atom is -0.398 e. The Morgan fingerprint density at radius 3 is 1.81 bits per heavy atom. The van der Waals surface area contributed by atoms with Gasteiger partial charge in [0.2, 0.25) is 0 Å². The fourth-order valence-electron chi connectivity index (χ4n) is 1.95. The van der Waals surface area contributed by atoms with E-state index in [2.05, 4.69) is 19.1 Å². The first-order valence-corrected chi connectivity index (χ1v) is 7.17. The molecule has 0 atom stereocenters. The van der Waals surface area contributed by atoms with E-state index in [0.717, 1.165) is 11.1 Å². The summed E-state index contributed by atoms with van der Waals surface area (Å²) in [5, 5.41) is 0.669. The highest BCUT2D eigenvalue weighted by atomic mass is 35.5. The summed E-state index contributed by atoms with van der Waals surface area (Å²) in [6.07, 6.45) is 0. The molecule has 0 bridgehead atoms. The van der Waals surface area contributed by atoms with Gasteiger partial charge in [-0.15, -0.1) is 0 Å². The average molecular weight is 296 g/mol. The van der Waals surface area contributed by atoms with E-state index in [4.69, 9.17) is 17.3 Å². The number of nitrogen functional groups attached to an aromatic ring is 1. The lowest BCUT2D eigenvalue weighted by molar-refractivity contribution is 1.48. The van der Waals surface area contributed by atoms with Crippen molar-refractivity contribution in [2.24, 2.45) is 0 Å². The Bertz CT molecular complexity index is 678. The third kappa shape index (κ3) is 4.66. The number of hydrogen-bond acceptors (Lipinski definition) is 1. The largest absolute Gasteiger partial charge is 0.398 e. The molecular weight excluding hydrogens is 278 g/mol. The van der Waals surface area contributed by atoms with Gasteiger partial charge in [0.05, 0.1) is 0 Å². The van der Waals surface area contributed by atoms with Gasteiger partial charge in [-0.1, -0.05) is 83.9 Å². The predicted octanol–water partition coefficient (Wildman–Crippen LogP) is 5.58. The van der Waals surface area contributed by atoms with Crippen LogP contribution in [0.4, 0.5) is 5.69 Å². The highest BCUT2D eigenvalue weighted by Crippen LogP contribution is 2.27. The summed E-state index contributed by atoms with van der Waals surface area (Å²) < 4.78 is 0. The number of anilines is 1. The fourth-order valence-corrected chi connectivity index (χ4v) is 2.13. The molecular formula is C19H18ClN. The first-order chi connectivity index (χ1) is 10.2. The van der Waals surface area contributed by atoms with Crippen LogP contribution in [0.15, 0.2) is 78.9 Å². The molecule has 0 aliphatic carbocycles. The summed E-state index contributed by atoms with van der Waals surface area (Å²) in [5.41, 5.74) is 10.0. The number of nitrogens with two attached hydrogens (primary N) is 1. The zero-order chi connectivity index (χ0) is 15.1. The van der Waals surface area contributed by atoms with E-state index in [1.807, 2.05) is 60.7 Å². The monoisotopic (exact) mass is 295 g/mol. The molecule has 0 amide bonds. The molecule has 106 valence electrons. The fraction of sp³-hybridized carbons (Fsp3) is 0.0526. The average Bonchev–Trinajstić information content (AvgIpc) is 2.49. The topological polar surface area (TPSA) is 26.0 Å². The van der Waals surface area contributed by atoms with Gasteiger partial charge in [0, 0.05) is 16.3 Å². The van der Waals surface area contributed by atoms with Crippen LogP contribution in [0.2, 0.25) is 5.02 Å². The molecule has 2 N–H and O–H groups in total. The van der Waals surface area contributed by atoms with Gasteiger partial charge in [0.25, 0.3) is 0 Å². The van der Waals surface area contributed by atoms with Crippen molar-refractivity contribution < 1.29 is 0 Å². The molecule has 2 heteroatoms. The number of aryl methyl sites for hydroxylation is 1. The molecule has 0 fully saturated rings. The molecule has 3 aromatic carbocycles. The van der Waals surface area contributed by atoms with Gasteiger partial charge in [0.15, 0.2) is 0 Å². The van der Waals surface area contributed by atoms with E-state index in [0.29, 0.717) is 10.7 Å². The van der Waals surface area contributed by atoms with Gasteiger partial charge in [-0.05, 0) is 24.6 Å². The maximum Gasteiger partial charge on any atom is 0.0426 e. The maximum atomic E-state index is 5.87. The lowest BCUT2D eigenvalue weighted by Gasteiger charge is -2.05. The molecule has 0 heterocycles. The highest BCUT2D eigenvalue weighted by Gasteiger charge is 2.01. The Hall–Kier alpha value is -2.25. The van der Waals surface area contributed by atoms with Crippen molar-refractivity contribution in [3.63, 3.8) is 0 Å². The van der Waals surface area contributed by atoms with Crippen LogP contribution in [0.25, 0.3) is 11.1 Å². The maximum absolute atomic E-state index is 5.87. The first-order valence-electron chi connectivity index (χ1n) is 6.79. The third-order valence-electron chi connectivity index (χ3n) is 3.04. The zero-order valence-corrected chi connectivity index (χ0v) is 12.7. The van der Waals surface area contributed by atoms with E-state index in [-0.39, 0.29) is 0 Å². The summed E-state index contributed by atoms with van der Waals surface area (Å²) in [4.78, 5) is 0. The van der Waals surface area contributed by atoms with Crippen LogP contribution in [-0.4, -0.2) is 0 Å². The quantitative estimate of drug-likeness (QED) is 0.582. The minimum atomic E-state index is 0.669. The molecule has 0 unspecified atom stereocenters. The normalized spacial score (nSPS) is 9.62. The van der Waals surface area contributed by atoms with Crippen LogP contribution < -0.4 is 5.73 Å². The van der Waals surface area contributed by atoms with E-state index in [1.165, 1.54) is 5.56 Å². The number of rotatable bonds is 1. The van der Waals surface area contributed by atoms with Crippen LogP contribution in [0.5, 0.6) is 0 Å². The van der Waals surface area contributed by atoms with Gasteiger partial charge in [-0.2, -0.15) is 0 Å². The summed E-state index contributed by atoms with van der Waals surface area (Å²) >= 11 is 5.82. The van der Waals surface area contributed by atoms with E-state index in [1.54, 1.807) is 6.07 Å². The van der Waals surface area contributed by atoms with Crippen molar-refractivity contribution in [1.29, 1.82) is 0 Å². The SMILES string of the molecule is Cc1ccccc1.Nc1cc(Cl)ccc1-c1ccccc1. The molecule has 3 rings (SSSR count). The molecule has 0 spiro atoms. The second-order valence-electron chi connectivity index (χ2n) is 4.75. The second kappa shape index (κ2) is 7.51. The van der Waals surface area contributed by atoms with Crippen molar-refractivity contribution in [3.05, 3.63) is 89.4 Å². The Kier molecular flexibility index (Phi) is 5.42. The molecule has 21 heavy (non-hydrogen) atoms. The summed E-state index contributed by atoms with van der Waals surface area (Å²) in [5.74, 6) is 0. The lowest BCUT2D eigenvalue weighted by Crippen LogP contribution is -1.89. The summed E-state index contributed by atoms with van der Waals surface area (Å²) in [6.45, 7) is 2.08. The Labute approximate surface area is 131 Å². The Morgan fingerprint density at radius 1 is 0.762 bits per heavy atom. The van der Waals surface area contributed by atoms with Crippen molar-refractivity contribution >= 4 is 17.3 Å². The first kappa shape index (κ1) is 15.1. The smallest absolute Gasteiger partial charge is 0.0426 e. The molecule has 0 saturated carbocycles.